The first-order valence-electron chi connectivity index (χ1n) is 16.8. The Balaban J connectivity index is 0.000000205. The van der Waals surface area contributed by atoms with Crippen molar-refractivity contribution >= 4 is 35.7 Å². The number of hydrogen-bond acceptors (Lipinski definition) is 11. The average molecular weight is 718 g/mol. The van der Waals surface area contributed by atoms with Crippen LogP contribution in [0.4, 0.5) is 14.5 Å². The lowest BCUT2D eigenvalue weighted by Crippen LogP contribution is -2.34. The number of carbonyl (C=O) groups is 3. The second kappa shape index (κ2) is 19.2. The zero-order valence-corrected chi connectivity index (χ0v) is 29.3. The third kappa shape index (κ3) is 10.4. The molecule has 3 aromatic rings. The van der Waals surface area contributed by atoms with E-state index in [9.17, 15) is 28.3 Å². The number of nitrogens with one attached hydrogen (secondary N) is 2. The number of carbonyl (C=O) groups excluding carboxylic acids is 2. The van der Waals surface area contributed by atoms with E-state index in [4.69, 9.17) is 4.74 Å². The van der Waals surface area contributed by atoms with E-state index in [2.05, 4.69) is 30.6 Å². The van der Waals surface area contributed by atoms with Crippen molar-refractivity contribution < 1.29 is 37.7 Å². The van der Waals surface area contributed by atoms with Gasteiger partial charge in [0.2, 0.25) is 5.95 Å². The van der Waals surface area contributed by atoms with E-state index in [0.717, 1.165) is 56.3 Å². The zero-order valence-electron chi connectivity index (χ0n) is 28.5. The number of hydrogen-bond donors (Lipinski definition) is 3. The van der Waals surface area contributed by atoms with Crippen molar-refractivity contribution in [2.24, 2.45) is 11.8 Å². The van der Waals surface area contributed by atoms with Crippen molar-refractivity contribution in [3.8, 4) is 11.4 Å². The van der Waals surface area contributed by atoms with Crippen LogP contribution in [0.5, 0.6) is 0 Å². The molecule has 0 bridgehead atoms. The predicted octanol–water partition coefficient (Wildman–Crippen LogP) is 6.07. The van der Waals surface area contributed by atoms with E-state index < -0.39 is 35.5 Å². The third-order valence-corrected chi connectivity index (χ3v) is 9.76. The number of aliphatic carboxylic acids is 1. The Morgan fingerprint density at radius 2 is 1.78 bits per heavy atom. The fourth-order valence-electron chi connectivity index (χ4n) is 5.98. The third-order valence-electron chi connectivity index (χ3n) is 8.71. The Kier molecular flexibility index (Phi) is 14.8. The van der Waals surface area contributed by atoms with Crippen LogP contribution in [0.25, 0.3) is 11.4 Å². The summed E-state index contributed by atoms with van der Waals surface area (Å²) in [6.07, 6.45) is 14.5. The Bertz CT molecular complexity index is 1610. The van der Waals surface area contributed by atoms with Gasteiger partial charge in [0, 0.05) is 38.7 Å². The molecule has 16 heteroatoms. The van der Waals surface area contributed by atoms with Crippen molar-refractivity contribution in [3.63, 3.8) is 0 Å². The summed E-state index contributed by atoms with van der Waals surface area (Å²) >= 11 is 1.46. The van der Waals surface area contributed by atoms with Gasteiger partial charge < -0.3 is 25.2 Å². The highest BCUT2D eigenvalue weighted by Gasteiger charge is 2.37. The maximum Gasteiger partial charge on any atom is 0.311 e. The minimum Gasteiger partial charge on any atom is -0.481 e. The maximum absolute atomic E-state index is 13.9. The number of thioether (sulfide) groups is 1. The van der Waals surface area contributed by atoms with Crippen LogP contribution in [0.15, 0.2) is 41.8 Å². The molecule has 0 aromatic carbocycles. The number of carboxylic acid groups (broad SMARTS) is 1. The molecule has 4 heterocycles. The normalized spacial score (nSPS) is 20.3. The molecule has 3 atom stereocenters. The van der Waals surface area contributed by atoms with Crippen LogP contribution in [-0.2, 0) is 30.6 Å². The molecule has 6 rings (SSSR count). The molecule has 0 radical (unpaired) electrons. The number of anilines is 1. The van der Waals surface area contributed by atoms with Crippen LogP contribution in [0.1, 0.15) is 81.7 Å². The van der Waals surface area contributed by atoms with Gasteiger partial charge in [-0.3, -0.25) is 19.1 Å². The Hall–Kier alpha value is -4.31. The molecule has 13 nitrogen and oxygen atoms in total. The number of aldehydes is 1. The molecule has 1 aliphatic heterocycles. The summed E-state index contributed by atoms with van der Waals surface area (Å²) in [5.74, 6) is -3.95. The van der Waals surface area contributed by atoms with Crippen LogP contribution in [-0.4, -0.2) is 68.6 Å². The molecular formula is C34H45F2N7O6S. The van der Waals surface area contributed by atoms with Crippen LogP contribution < -0.4 is 10.6 Å². The summed E-state index contributed by atoms with van der Waals surface area (Å²) in [5, 5.41) is 25.5. The van der Waals surface area contributed by atoms with Crippen molar-refractivity contribution in [1.29, 1.82) is 0 Å². The quantitative estimate of drug-likeness (QED) is 0.126. The second-order valence-electron chi connectivity index (χ2n) is 12.0. The van der Waals surface area contributed by atoms with Gasteiger partial charge in [-0.15, -0.1) is 11.8 Å². The van der Waals surface area contributed by atoms with Gasteiger partial charge in [-0.2, -0.15) is 14.6 Å². The number of aromatic nitrogens is 5. The molecule has 0 saturated heterocycles. The lowest BCUT2D eigenvalue weighted by molar-refractivity contribution is -0.162. The van der Waals surface area contributed by atoms with Crippen LogP contribution in [0.2, 0.25) is 0 Å². The summed E-state index contributed by atoms with van der Waals surface area (Å²) in [6, 6.07) is 2.42. The van der Waals surface area contributed by atoms with Gasteiger partial charge >= 0.3 is 11.9 Å². The average Bonchev–Trinajstić information content (AvgIpc) is 3.92. The molecule has 2 fully saturated rings. The van der Waals surface area contributed by atoms with Crippen molar-refractivity contribution in [3.05, 3.63) is 59.2 Å². The Morgan fingerprint density at radius 1 is 1.08 bits per heavy atom. The summed E-state index contributed by atoms with van der Waals surface area (Å²) < 4.78 is 40.4. The molecule has 2 saturated carbocycles. The Labute approximate surface area is 294 Å². The fourth-order valence-corrected chi connectivity index (χ4v) is 6.87. The Morgan fingerprint density at radius 3 is 2.42 bits per heavy atom. The zero-order chi connectivity index (χ0) is 36.0. The highest BCUT2D eigenvalue weighted by atomic mass is 32.2. The van der Waals surface area contributed by atoms with E-state index >= 15 is 0 Å². The maximum atomic E-state index is 13.9. The van der Waals surface area contributed by atoms with Crippen molar-refractivity contribution in [2.45, 2.75) is 82.9 Å². The first-order valence-corrected chi connectivity index (χ1v) is 17.7. The topological polar surface area (TPSA) is 162 Å². The van der Waals surface area contributed by atoms with Gasteiger partial charge in [-0.05, 0) is 50.1 Å². The first kappa shape index (κ1) is 38.5. The molecule has 3 aromatic heterocycles. The monoisotopic (exact) mass is 717 g/mol. The molecule has 272 valence electrons. The van der Waals surface area contributed by atoms with E-state index in [1.54, 1.807) is 32.0 Å². The van der Waals surface area contributed by atoms with Gasteiger partial charge in [0.1, 0.15) is 16.8 Å². The summed E-state index contributed by atoms with van der Waals surface area (Å²) in [6.45, 7) is 2.72. The number of allylic oxidation sites excluding steroid dienone is 1. The van der Waals surface area contributed by atoms with Crippen molar-refractivity contribution in [2.75, 3.05) is 26.1 Å². The van der Waals surface area contributed by atoms with Crippen LogP contribution in [0, 0.1) is 23.6 Å². The smallest absolute Gasteiger partial charge is 0.311 e. The highest BCUT2D eigenvalue weighted by molar-refractivity contribution is 8.02. The van der Waals surface area contributed by atoms with Crippen molar-refractivity contribution in [1.82, 2.24) is 29.9 Å². The summed E-state index contributed by atoms with van der Waals surface area (Å²) in [7, 11) is 3.42. The van der Waals surface area contributed by atoms with Gasteiger partial charge in [0.15, 0.2) is 18.8 Å². The number of ether oxygens (including phenoxy) is 2. The summed E-state index contributed by atoms with van der Waals surface area (Å²) in [5.41, 5.74) is 2.35. The number of esters is 1. The molecular weight excluding hydrogens is 672 g/mol. The van der Waals surface area contributed by atoms with Crippen LogP contribution >= 0.6 is 11.8 Å². The lowest BCUT2D eigenvalue weighted by Gasteiger charge is -2.26. The lowest BCUT2D eigenvalue weighted by atomic mass is 9.79. The number of pyridine rings is 1. The molecule has 0 amide bonds. The SMILES string of the molecule is CCOC.CNc1cn(C2CCCCC2)nc1-c1nc(F)ccc1F.O=CC1=CSC(c2cnn(COC(=O)C3CCCCC3C(=O)O)c2)N1. The molecule has 0 spiro atoms. The van der Waals surface area contributed by atoms with E-state index in [1.807, 2.05) is 17.8 Å². The first-order chi connectivity index (χ1) is 24.2. The number of halogens is 2. The standard InChI is InChI=1S/C16H19N3O5S.C15H18F2N4.C3H8O/c20-7-11-8-25-14(18-11)10-5-17-19(6-10)9-24-16(23)13-4-2-1-3-12(13)15(21)22;1-18-12-9-21(10-5-3-2-4-6-10)20-15(12)14-11(16)7-8-13(17)19-14;1-3-4-2/h5-8,12-14,18H,1-4,9H2,(H,21,22);7-10,18H,2-6H2,1H3;3H2,1-2H3. The summed E-state index contributed by atoms with van der Waals surface area (Å²) in [4.78, 5) is 37.9. The molecule has 3 N–H and O–H groups in total. The van der Waals surface area contributed by atoms with Gasteiger partial charge in [0.05, 0.1) is 35.5 Å². The molecule has 50 heavy (non-hydrogen) atoms. The molecule has 3 unspecified atom stereocenters. The number of carboxylic acids is 1. The predicted molar refractivity (Wildman–Crippen MR) is 184 cm³/mol. The van der Waals surface area contributed by atoms with E-state index in [1.165, 1.54) is 35.7 Å². The van der Waals surface area contributed by atoms with Gasteiger partial charge in [0.25, 0.3) is 0 Å². The molecule has 3 aliphatic rings. The highest BCUT2D eigenvalue weighted by Crippen LogP contribution is 2.35. The number of methoxy groups -OCH3 is 1. The number of rotatable bonds is 10. The minimum absolute atomic E-state index is 0.0473. The van der Waals surface area contributed by atoms with Gasteiger partial charge in [-0.1, -0.05) is 32.1 Å². The number of nitrogens with zero attached hydrogens (tertiary/aromatic N) is 5. The fraction of sp³-hybridized carbons (Fsp3) is 0.529. The molecule has 2 aliphatic carbocycles. The second-order valence-corrected chi connectivity index (χ2v) is 13.0. The van der Waals surface area contributed by atoms with E-state index in [0.29, 0.717) is 36.0 Å². The largest absolute Gasteiger partial charge is 0.481 e. The van der Waals surface area contributed by atoms with E-state index in [-0.39, 0.29) is 17.8 Å². The van der Waals surface area contributed by atoms with Crippen LogP contribution in [0.3, 0.4) is 0 Å². The van der Waals surface area contributed by atoms with Gasteiger partial charge in [-0.25, -0.2) is 14.1 Å². The minimum atomic E-state index is -0.939.